The molecule has 1 aromatic carbocycles. The lowest BCUT2D eigenvalue weighted by molar-refractivity contribution is 0.101. The highest BCUT2D eigenvalue weighted by molar-refractivity contribution is 6.47. The topological polar surface area (TPSA) is 76.0 Å². The van der Waals surface area contributed by atoms with Crippen LogP contribution < -0.4 is 0 Å². The van der Waals surface area contributed by atoms with Crippen molar-refractivity contribution in [2.24, 2.45) is 4.99 Å². The quantitative estimate of drug-likeness (QED) is 0.632. The molecule has 0 amide bonds. The maximum absolute atomic E-state index is 11.4. The summed E-state index contributed by atoms with van der Waals surface area (Å²) in [6, 6.07) is 6.57. The van der Waals surface area contributed by atoms with Crippen LogP contribution in [0.5, 0.6) is 0 Å². The van der Waals surface area contributed by atoms with E-state index in [2.05, 4.69) is 9.73 Å². The van der Waals surface area contributed by atoms with Gasteiger partial charge in [0, 0.05) is 0 Å². The van der Waals surface area contributed by atoms with Crippen LogP contribution in [0.15, 0.2) is 29.3 Å². The lowest BCUT2D eigenvalue weighted by atomic mass is 10.1. The van der Waals surface area contributed by atoms with Gasteiger partial charge >= 0.3 is 6.16 Å². The van der Waals surface area contributed by atoms with Gasteiger partial charge in [-0.1, -0.05) is 12.1 Å². The lowest BCUT2D eigenvalue weighted by Crippen LogP contribution is -2.16. The van der Waals surface area contributed by atoms with Crippen molar-refractivity contribution >= 4 is 23.5 Å². The Morgan fingerprint density at radius 3 is 2.71 bits per heavy atom. The first-order chi connectivity index (χ1) is 6.68. The standard InChI is InChI=1S/C9H5NO4/c11-7-5-3-1-2-4-6(5)10-8(7)14-9(12)13/h1-4H,(H,12,13). The van der Waals surface area contributed by atoms with Crippen molar-refractivity contribution in [2.75, 3.05) is 0 Å². The van der Waals surface area contributed by atoms with Crippen molar-refractivity contribution in [1.82, 2.24) is 0 Å². The number of para-hydroxylation sites is 1. The van der Waals surface area contributed by atoms with Gasteiger partial charge in [0.1, 0.15) is 0 Å². The van der Waals surface area contributed by atoms with Crippen LogP contribution >= 0.6 is 0 Å². The minimum absolute atomic E-state index is 0.365. The molecule has 2 rings (SSSR count). The zero-order chi connectivity index (χ0) is 10.1. The second kappa shape index (κ2) is 2.95. The summed E-state index contributed by atoms with van der Waals surface area (Å²) >= 11 is 0. The molecular formula is C9H5NO4. The number of fused-ring (bicyclic) bond motifs is 1. The Labute approximate surface area is 78.6 Å². The average molecular weight is 191 g/mol. The van der Waals surface area contributed by atoms with Crippen molar-refractivity contribution < 1.29 is 19.4 Å². The molecule has 1 N–H and O–H groups in total. The third-order valence-electron chi connectivity index (χ3n) is 1.75. The highest BCUT2D eigenvalue weighted by Gasteiger charge is 2.27. The van der Waals surface area contributed by atoms with Gasteiger partial charge in [-0.25, -0.2) is 9.79 Å². The zero-order valence-electron chi connectivity index (χ0n) is 6.93. The summed E-state index contributed by atoms with van der Waals surface area (Å²) < 4.78 is 4.22. The van der Waals surface area contributed by atoms with Crippen LogP contribution in [-0.4, -0.2) is 22.9 Å². The molecule has 14 heavy (non-hydrogen) atoms. The fourth-order valence-corrected chi connectivity index (χ4v) is 1.19. The molecule has 1 aromatic rings. The summed E-state index contributed by atoms with van der Waals surface area (Å²) in [6.07, 6.45) is -1.54. The van der Waals surface area contributed by atoms with Crippen LogP contribution in [0.25, 0.3) is 0 Å². The number of carboxylic acid groups (broad SMARTS) is 1. The van der Waals surface area contributed by atoms with Crippen molar-refractivity contribution in [3.05, 3.63) is 29.8 Å². The molecule has 0 spiro atoms. The summed E-state index contributed by atoms with van der Waals surface area (Å²) in [6.45, 7) is 0. The molecule has 0 atom stereocenters. The van der Waals surface area contributed by atoms with Gasteiger partial charge in [-0.05, 0) is 12.1 Å². The number of carbonyl (C=O) groups is 2. The third-order valence-corrected chi connectivity index (χ3v) is 1.75. The summed E-state index contributed by atoms with van der Waals surface area (Å²) in [5.41, 5.74) is 0.803. The first kappa shape index (κ1) is 8.43. The second-order valence-electron chi connectivity index (χ2n) is 2.63. The van der Waals surface area contributed by atoms with Crippen molar-refractivity contribution in [2.45, 2.75) is 0 Å². The third kappa shape index (κ3) is 1.24. The maximum atomic E-state index is 11.4. The van der Waals surface area contributed by atoms with E-state index in [1.807, 2.05) is 0 Å². The predicted octanol–water partition coefficient (Wildman–Crippen LogP) is 1.61. The molecule has 0 saturated carbocycles. The van der Waals surface area contributed by atoms with Crippen LogP contribution in [0.3, 0.4) is 0 Å². The van der Waals surface area contributed by atoms with Gasteiger partial charge in [0.15, 0.2) is 0 Å². The fourth-order valence-electron chi connectivity index (χ4n) is 1.19. The Balaban J connectivity index is 2.37. The molecule has 0 aliphatic carbocycles. The molecule has 1 heterocycles. The number of hydrogen-bond donors (Lipinski definition) is 1. The number of aliphatic imine (C=N–C) groups is 1. The molecule has 5 heteroatoms. The second-order valence-corrected chi connectivity index (χ2v) is 2.63. The Hall–Kier alpha value is -2.17. The highest BCUT2D eigenvalue weighted by Crippen LogP contribution is 2.26. The van der Waals surface area contributed by atoms with Gasteiger partial charge in [-0.15, -0.1) is 0 Å². The fraction of sp³-hybridized carbons (Fsp3) is 0. The van der Waals surface area contributed by atoms with Crippen LogP contribution in [0.4, 0.5) is 10.5 Å². The number of ketones is 1. The van der Waals surface area contributed by atoms with Gasteiger partial charge in [0.25, 0.3) is 5.90 Å². The molecule has 0 fully saturated rings. The summed E-state index contributed by atoms with van der Waals surface area (Å²) in [5, 5.41) is 8.32. The molecule has 0 aromatic heterocycles. The maximum Gasteiger partial charge on any atom is 0.512 e. The van der Waals surface area contributed by atoms with Gasteiger partial charge in [-0.3, -0.25) is 4.79 Å². The van der Waals surface area contributed by atoms with E-state index in [1.165, 1.54) is 0 Å². The Morgan fingerprint density at radius 1 is 1.36 bits per heavy atom. The molecule has 1 aliphatic rings. The number of nitrogens with zero attached hydrogens (tertiary/aromatic N) is 1. The van der Waals surface area contributed by atoms with Crippen LogP contribution in [0.1, 0.15) is 10.4 Å². The minimum Gasteiger partial charge on any atom is -0.449 e. The van der Waals surface area contributed by atoms with Crippen LogP contribution in [0.2, 0.25) is 0 Å². The SMILES string of the molecule is O=C(O)OC1=Nc2ccccc2C1=O. The van der Waals surface area contributed by atoms with Crippen LogP contribution in [-0.2, 0) is 4.74 Å². The number of rotatable bonds is 0. The van der Waals surface area contributed by atoms with Gasteiger partial charge < -0.3 is 9.84 Å². The lowest BCUT2D eigenvalue weighted by Gasteiger charge is -1.94. The van der Waals surface area contributed by atoms with E-state index in [-0.39, 0.29) is 0 Å². The summed E-state index contributed by atoms with van der Waals surface area (Å²) in [5.74, 6) is -0.887. The molecule has 70 valence electrons. The number of carbonyl (C=O) groups excluding carboxylic acids is 1. The Kier molecular flexibility index (Phi) is 1.78. The van der Waals surface area contributed by atoms with Crippen molar-refractivity contribution in [1.29, 1.82) is 0 Å². The highest BCUT2D eigenvalue weighted by atomic mass is 16.7. The summed E-state index contributed by atoms with van der Waals surface area (Å²) in [7, 11) is 0. The predicted molar refractivity (Wildman–Crippen MR) is 47.0 cm³/mol. The largest absolute Gasteiger partial charge is 0.512 e. The first-order valence-electron chi connectivity index (χ1n) is 3.81. The Morgan fingerprint density at radius 2 is 2.07 bits per heavy atom. The zero-order valence-corrected chi connectivity index (χ0v) is 6.93. The van der Waals surface area contributed by atoms with E-state index in [9.17, 15) is 9.59 Å². The van der Waals surface area contributed by atoms with E-state index < -0.39 is 17.8 Å². The number of ether oxygens (including phenoxy) is 1. The molecule has 0 radical (unpaired) electrons. The number of Topliss-reactive ketones (excluding diaryl/α,β-unsaturated/α-hetero) is 1. The van der Waals surface area contributed by atoms with Gasteiger partial charge in [0.2, 0.25) is 5.78 Å². The van der Waals surface area contributed by atoms with E-state index in [0.717, 1.165) is 0 Å². The van der Waals surface area contributed by atoms with Crippen molar-refractivity contribution in [3.63, 3.8) is 0 Å². The minimum atomic E-state index is -1.54. The molecule has 1 aliphatic heterocycles. The Bertz CT molecular complexity index is 450. The average Bonchev–Trinajstić information content (AvgIpc) is 2.44. The van der Waals surface area contributed by atoms with Gasteiger partial charge in [-0.2, -0.15) is 0 Å². The van der Waals surface area contributed by atoms with E-state index in [0.29, 0.717) is 11.3 Å². The van der Waals surface area contributed by atoms with Crippen molar-refractivity contribution in [3.8, 4) is 0 Å². The molecule has 5 nitrogen and oxygen atoms in total. The normalized spacial score (nSPS) is 13.4. The summed E-state index contributed by atoms with van der Waals surface area (Å²) in [4.78, 5) is 25.3. The number of hydrogen-bond acceptors (Lipinski definition) is 4. The molecule has 0 bridgehead atoms. The number of benzene rings is 1. The monoisotopic (exact) mass is 191 g/mol. The molecule has 0 unspecified atom stereocenters. The van der Waals surface area contributed by atoms with E-state index in [4.69, 9.17) is 5.11 Å². The van der Waals surface area contributed by atoms with E-state index in [1.54, 1.807) is 24.3 Å². The van der Waals surface area contributed by atoms with E-state index >= 15 is 0 Å². The van der Waals surface area contributed by atoms with Gasteiger partial charge in [0.05, 0.1) is 11.3 Å². The molecule has 0 saturated heterocycles. The van der Waals surface area contributed by atoms with Crippen LogP contribution in [0, 0.1) is 0 Å². The first-order valence-corrected chi connectivity index (χ1v) is 3.81. The smallest absolute Gasteiger partial charge is 0.449 e. The molecular weight excluding hydrogens is 186 g/mol.